The lowest BCUT2D eigenvalue weighted by Crippen LogP contribution is -2.22. The normalized spacial score (nSPS) is 12.1. The van der Waals surface area contributed by atoms with Crippen molar-refractivity contribution in [2.45, 2.75) is 32.4 Å². The molecule has 0 saturated carbocycles. The molecule has 0 unspecified atom stereocenters. The molecule has 0 amide bonds. The lowest BCUT2D eigenvalue weighted by Gasteiger charge is -2.15. The number of hydrogen-bond acceptors (Lipinski definition) is 2. The number of imidazole rings is 1. The Hall–Kier alpha value is 1.58. The molecule has 0 spiro atoms. The molecule has 0 bridgehead atoms. The molecule has 3 nitrogen and oxygen atoms in total. The molecule has 1 rings (SSSR count). The van der Waals surface area contributed by atoms with Crippen LogP contribution in [0.15, 0.2) is 0 Å². The summed E-state index contributed by atoms with van der Waals surface area (Å²) in [6.45, 7) is 8.58. The third-order valence-electron chi connectivity index (χ3n) is 2.04. The van der Waals surface area contributed by atoms with Crippen molar-refractivity contribution in [3.63, 3.8) is 0 Å². The van der Waals surface area contributed by atoms with Crippen LogP contribution in [0.1, 0.15) is 0 Å². The van der Waals surface area contributed by atoms with E-state index in [4.69, 9.17) is 4.74 Å². The molecule has 7 heteroatoms. The molecular weight excluding hydrogens is 561 g/mol. The highest BCUT2D eigenvalue weighted by atomic mass is 127. The summed E-state index contributed by atoms with van der Waals surface area (Å²) < 4.78 is 11.0. The van der Waals surface area contributed by atoms with Gasteiger partial charge in [0.15, 0.2) is 3.83 Å². The summed E-state index contributed by atoms with van der Waals surface area (Å²) >= 11 is 6.81. The molecule has 0 aliphatic rings. The van der Waals surface area contributed by atoms with Gasteiger partial charge in [0, 0.05) is 37.3 Å². The molecule has 0 aliphatic heterocycles. The van der Waals surface area contributed by atoms with Gasteiger partial charge in [-0.25, -0.2) is 4.98 Å². The number of aromatic nitrogens is 2. The third kappa shape index (κ3) is 5.06. The summed E-state index contributed by atoms with van der Waals surface area (Å²) in [5.41, 5.74) is 0. The van der Waals surface area contributed by atoms with Crippen molar-refractivity contribution in [2.24, 2.45) is 0 Å². The maximum absolute atomic E-state index is 5.72. The zero-order valence-corrected chi connectivity index (χ0v) is 17.0. The van der Waals surface area contributed by atoms with E-state index in [1.807, 2.05) is 0 Å². The fraction of sp³-hybridized carbons (Fsp3) is 0.667. The highest BCUT2D eigenvalue weighted by Crippen LogP contribution is 2.18. The first-order valence-electron chi connectivity index (χ1n) is 4.96. The van der Waals surface area contributed by atoms with Gasteiger partial charge in [0.2, 0.25) is 0 Å². The standard InChI is InChI=1S/C9H15I3N2OSi/c1-16(2,3)5-4-15-6-14-8(11)7(10)13-9(14)12/h4-6H2,1-3H3. The Balaban J connectivity index is 2.43. The van der Waals surface area contributed by atoms with Crippen LogP contribution in [0.25, 0.3) is 0 Å². The van der Waals surface area contributed by atoms with Crippen molar-refractivity contribution in [3.05, 3.63) is 11.2 Å². The summed E-state index contributed by atoms with van der Waals surface area (Å²) in [7, 11) is -0.972. The molecular formula is C9H15I3N2OSi. The van der Waals surface area contributed by atoms with E-state index in [0.29, 0.717) is 6.73 Å². The van der Waals surface area contributed by atoms with Gasteiger partial charge in [-0.15, -0.1) is 0 Å². The first-order chi connectivity index (χ1) is 7.31. The van der Waals surface area contributed by atoms with Gasteiger partial charge in [-0.2, -0.15) is 0 Å². The van der Waals surface area contributed by atoms with Crippen molar-refractivity contribution in [3.8, 4) is 0 Å². The predicted molar refractivity (Wildman–Crippen MR) is 94.5 cm³/mol. The van der Waals surface area contributed by atoms with E-state index in [1.54, 1.807) is 0 Å². The minimum atomic E-state index is -0.972. The average Bonchev–Trinajstić information content (AvgIpc) is 2.36. The molecule has 92 valence electrons. The van der Waals surface area contributed by atoms with E-state index >= 15 is 0 Å². The topological polar surface area (TPSA) is 27.1 Å². The molecule has 0 aromatic carbocycles. The van der Waals surface area contributed by atoms with Crippen molar-refractivity contribution in [2.75, 3.05) is 6.61 Å². The van der Waals surface area contributed by atoms with Gasteiger partial charge < -0.3 is 4.74 Å². The van der Waals surface area contributed by atoms with Crippen LogP contribution in [0.5, 0.6) is 0 Å². The molecule has 0 saturated heterocycles. The number of halogens is 3. The molecule has 0 aliphatic carbocycles. The smallest absolute Gasteiger partial charge is 0.175 e. The predicted octanol–water partition coefficient (Wildman–Crippen LogP) is 4.01. The van der Waals surface area contributed by atoms with Crippen LogP contribution < -0.4 is 0 Å². The summed E-state index contributed by atoms with van der Waals surface area (Å²) in [6, 6.07) is 1.21. The van der Waals surface area contributed by atoms with Crippen LogP contribution >= 0.6 is 67.8 Å². The van der Waals surface area contributed by atoms with Crippen LogP contribution in [0.2, 0.25) is 25.7 Å². The Morgan fingerprint density at radius 3 is 2.31 bits per heavy atom. The molecule has 0 fully saturated rings. The lowest BCUT2D eigenvalue weighted by molar-refractivity contribution is 0.0837. The van der Waals surface area contributed by atoms with Crippen molar-refractivity contribution in [1.82, 2.24) is 9.55 Å². The highest BCUT2D eigenvalue weighted by molar-refractivity contribution is 14.1. The second-order valence-corrected chi connectivity index (χ2v) is 13.4. The summed E-state index contributed by atoms with van der Waals surface area (Å²) in [4.78, 5) is 4.40. The van der Waals surface area contributed by atoms with E-state index < -0.39 is 8.07 Å². The van der Waals surface area contributed by atoms with Crippen molar-refractivity contribution in [1.29, 1.82) is 0 Å². The summed E-state index contributed by atoms with van der Waals surface area (Å²) in [5.74, 6) is 0. The fourth-order valence-corrected chi connectivity index (χ4v) is 4.33. The number of hydrogen-bond donors (Lipinski definition) is 0. The van der Waals surface area contributed by atoms with Crippen molar-refractivity contribution >= 4 is 75.8 Å². The fourth-order valence-electron chi connectivity index (χ4n) is 1.02. The van der Waals surface area contributed by atoms with Gasteiger partial charge in [-0.05, 0) is 51.2 Å². The zero-order chi connectivity index (χ0) is 12.3. The van der Waals surface area contributed by atoms with E-state index in [0.717, 1.165) is 17.8 Å². The Morgan fingerprint density at radius 1 is 1.25 bits per heavy atom. The van der Waals surface area contributed by atoms with E-state index in [2.05, 4.69) is 97.0 Å². The molecule has 0 N–H and O–H groups in total. The Kier molecular flexibility index (Phi) is 6.51. The number of nitrogens with zero attached hydrogens (tertiary/aromatic N) is 2. The van der Waals surface area contributed by atoms with Gasteiger partial charge in [0.1, 0.15) is 14.1 Å². The van der Waals surface area contributed by atoms with Gasteiger partial charge in [0.25, 0.3) is 0 Å². The largest absolute Gasteiger partial charge is 0.361 e. The minimum absolute atomic E-state index is 0.622. The van der Waals surface area contributed by atoms with E-state index in [9.17, 15) is 0 Å². The molecule has 1 aromatic heterocycles. The molecule has 1 heterocycles. The SMILES string of the molecule is C[Si](C)(C)CCOCn1c(I)nc(I)c1I. The second kappa shape index (κ2) is 6.66. The lowest BCUT2D eigenvalue weighted by atomic mass is 10.8. The minimum Gasteiger partial charge on any atom is -0.361 e. The monoisotopic (exact) mass is 576 g/mol. The van der Waals surface area contributed by atoms with Crippen LogP contribution in [0.3, 0.4) is 0 Å². The maximum Gasteiger partial charge on any atom is 0.175 e. The Bertz CT molecular complexity index is 362. The third-order valence-corrected chi connectivity index (χ3v) is 7.44. The van der Waals surface area contributed by atoms with Crippen molar-refractivity contribution < 1.29 is 4.74 Å². The average molecular weight is 576 g/mol. The van der Waals surface area contributed by atoms with Crippen LogP contribution in [0, 0.1) is 11.2 Å². The molecule has 1 aromatic rings. The Morgan fingerprint density at radius 2 is 1.88 bits per heavy atom. The van der Waals surface area contributed by atoms with Gasteiger partial charge in [-0.1, -0.05) is 19.6 Å². The zero-order valence-electron chi connectivity index (χ0n) is 9.56. The van der Waals surface area contributed by atoms with Gasteiger partial charge in [-0.3, -0.25) is 4.57 Å². The van der Waals surface area contributed by atoms with Crippen LogP contribution in [-0.4, -0.2) is 24.2 Å². The first kappa shape index (κ1) is 15.6. The maximum atomic E-state index is 5.72. The Labute approximate surface area is 139 Å². The number of rotatable bonds is 5. The van der Waals surface area contributed by atoms with E-state index in [1.165, 1.54) is 6.04 Å². The second-order valence-electron chi connectivity index (χ2n) is 4.74. The molecule has 16 heavy (non-hydrogen) atoms. The molecule has 0 atom stereocenters. The van der Waals surface area contributed by atoms with Crippen LogP contribution in [-0.2, 0) is 11.5 Å². The number of ether oxygens (including phenoxy) is 1. The van der Waals surface area contributed by atoms with Gasteiger partial charge >= 0.3 is 0 Å². The van der Waals surface area contributed by atoms with E-state index in [-0.39, 0.29) is 0 Å². The highest BCUT2D eigenvalue weighted by Gasteiger charge is 2.13. The molecule has 0 radical (unpaired) electrons. The first-order valence-corrected chi connectivity index (χ1v) is 11.9. The summed E-state index contributed by atoms with van der Waals surface area (Å²) in [5, 5.41) is 0. The van der Waals surface area contributed by atoms with Crippen LogP contribution in [0.4, 0.5) is 0 Å². The summed E-state index contributed by atoms with van der Waals surface area (Å²) in [6.07, 6.45) is 0. The quantitative estimate of drug-likeness (QED) is 0.301. The van der Waals surface area contributed by atoms with Gasteiger partial charge in [0.05, 0.1) is 0 Å².